The lowest BCUT2D eigenvalue weighted by Gasteiger charge is -2.18. The summed E-state index contributed by atoms with van der Waals surface area (Å²) in [5.41, 5.74) is 11.3. The molecule has 10 rings (SSSR count). The fourth-order valence-corrected chi connectivity index (χ4v) is 8.20. The highest BCUT2D eigenvalue weighted by atomic mass is 15.1. The third-order valence-corrected chi connectivity index (χ3v) is 10.7. The molecule has 56 heavy (non-hydrogen) atoms. The van der Waals surface area contributed by atoms with Crippen LogP contribution in [0.25, 0.3) is 88.6 Å². The fourth-order valence-electron chi connectivity index (χ4n) is 8.20. The van der Waals surface area contributed by atoms with Crippen LogP contribution >= 0.6 is 0 Å². The summed E-state index contributed by atoms with van der Waals surface area (Å²) >= 11 is 0. The Hall–Kier alpha value is -8.24. The molecule has 0 saturated heterocycles. The second-order valence-electron chi connectivity index (χ2n) is 13.7. The number of nitrogens with zero attached hydrogens (tertiary/aromatic N) is 6. The Morgan fingerprint density at radius 2 is 0.768 bits per heavy atom. The lowest BCUT2D eigenvalue weighted by molar-refractivity contribution is 1.01. The van der Waals surface area contributed by atoms with Gasteiger partial charge in [0.1, 0.15) is 11.6 Å². The van der Waals surface area contributed by atoms with E-state index in [1.807, 2.05) is 78.9 Å². The highest BCUT2D eigenvalue weighted by molar-refractivity contribution is 6.11. The van der Waals surface area contributed by atoms with E-state index in [2.05, 4.69) is 118 Å². The summed E-state index contributed by atoms with van der Waals surface area (Å²) in [5.74, 6) is 1.43. The molecule has 0 aliphatic heterocycles. The molecule has 3 heterocycles. The summed E-state index contributed by atoms with van der Waals surface area (Å²) in [6, 6.07) is 63.7. The van der Waals surface area contributed by atoms with E-state index >= 15 is 0 Å². The van der Waals surface area contributed by atoms with E-state index in [1.54, 1.807) is 0 Å². The van der Waals surface area contributed by atoms with Gasteiger partial charge in [-0.3, -0.25) is 9.13 Å². The van der Waals surface area contributed by atoms with Gasteiger partial charge in [0.05, 0.1) is 57.0 Å². The van der Waals surface area contributed by atoms with Crippen molar-refractivity contribution in [2.75, 3.05) is 0 Å². The molecule has 0 N–H and O–H groups in total. The molecule has 258 valence electrons. The summed E-state index contributed by atoms with van der Waals surface area (Å²) in [6.45, 7) is 0. The van der Waals surface area contributed by atoms with Crippen molar-refractivity contribution in [3.63, 3.8) is 0 Å². The fraction of sp³-hybridized carbons (Fsp3) is 0. The topological polar surface area (TPSA) is 94.1 Å². The summed E-state index contributed by atoms with van der Waals surface area (Å²) < 4.78 is 4.36. The standard InChI is InChI=1S/C50H28N6/c51-29-32-21-23-47-43(25-32)44-26-33(30-52)22-24-48(44)56(47)50-28-35(27-49(54-50)55-45-19-9-7-17-41(45)42-18-8-10-20-46(42)55)37-13-3-4-15-39(37)40-16-6-5-14-38(40)36-12-2-1-11-34(36)31-53/h1-28H. The normalized spacial score (nSPS) is 11.2. The number of aromatic nitrogens is 3. The van der Waals surface area contributed by atoms with Gasteiger partial charge >= 0.3 is 0 Å². The molecule has 0 spiro atoms. The summed E-state index contributed by atoms with van der Waals surface area (Å²) in [5, 5.41) is 33.8. The summed E-state index contributed by atoms with van der Waals surface area (Å²) in [6.07, 6.45) is 0. The molecular weight excluding hydrogens is 685 g/mol. The zero-order chi connectivity index (χ0) is 37.8. The number of para-hydroxylation sites is 2. The van der Waals surface area contributed by atoms with Crippen molar-refractivity contribution in [1.29, 1.82) is 15.8 Å². The maximum absolute atomic E-state index is 10.1. The number of hydrogen-bond acceptors (Lipinski definition) is 4. The Bertz CT molecular complexity index is 3240. The Labute approximate surface area is 322 Å². The first-order valence-electron chi connectivity index (χ1n) is 18.2. The number of rotatable bonds is 5. The third kappa shape index (κ3) is 5.05. The minimum Gasteiger partial charge on any atom is -0.294 e. The van der Waals surface area contributed by atoms with Gasteiger partial charge in [-0.25, -0.2) is 4.98 Å². The van der Waals surface area contributed by atoms with E-state index in [1.165, 1.54) is 0 Å². The van der Waals surface area contributed by atoms with Gasteiger partial charge in [-0.05, 0) is 94.5 Å². The number of nitriles is 3. The van der Waals surface area contributed by atoms with E-state index in [4.69, 9.17) is 4.98 Å². The van der Waals surface area contributed by atoms with Gasteiger partial charge < -0.3 is 0 Å². The zero-order valence-corrected chi connectivity index (χ0v) is 29.8. The average Bonchev–Trinajstić information content (AvgIpc) is 3.78. The minimum absolute atomic E-state index is 0.539. The average molecular weight is 713 g/mol. The van der Waals surface area contributed by atoms with Crippen molar-refractivity contribution in [2.45, 2.75) is 0 Å². The Morgan fingerprint density at radius 3 is 1.29 bits per heavy atom. The zero-order valence-electron chi connectivity index (χ0n) is 29.8. The molecular formula is C50H28N6. The first kappa shape index (κ1) is 32.4. The third-order valence-electron chi connectivity index (χ3n) is 10.7. The molecule has 10 aromatic rings. The van der Waals surface area contributed by atoms with Gasteiger partial charge in [0, 0.05) is 27.1 Å². The molecule has 7 aromatic carbocycles. The van der Waals surface area contributed by atoms with Crippen molar-refractivity contribution in [2.24, 2.45) is 0 Å². The first-order chi connectivity index (χ1) is 27.6. The van der Waals surface area contributed by atoms with Crippen molar-refractivity contribution in [1.82, 2.24) is 14.1 Å². The number of fused-ring (bicyclic) bond motifs is 6. The second-order valence-corrected chi connectivity index (χ2v) is 13.7. The van der Waals surface area contributed by atoms with Crippen LogP contribution in [0.5, 0.6) is 0 Å². The molecule has 0 saturated carbocycles. The number of benzene rings is 7. The lowest BCUT2D eigenvalue weighted by atomic mass is 9.88. The van der Waals surface area contributed by atoms with Crippen LogP contribution in [0, 0.1) is 34.0 Å². The van der Waals surface area contributed by atoms with Crippen LogP contribution in [-0.4, -0.2) is 14.1 Å². The van der Waals surface area contributed by atoms with Crippen molar-refractivity contribution < 1.29 is 0 Å². The molecule has 3 aromatic heterocycles. The molecule has 0 unspecified atom stereocenters. The number of pyridine rings is 1. The van der Waals surface area contributed by atoms with Gasteiger partial charge in [0.25, 0.3) is 0 Å². The molecule has 0 amide bonds. The second kappa shape index (κ2) is 13.0. The molecule has 0 aliphatic carbocycles. The Balaban J connectivity index is 1.31. The summed E-state index contributed by atoms with van der Waals surface area (Å²) in [7, 11) is 0. The minimum atomic E-state index is 0.539. The lowest BCUT2D eigenvalue weighted by Crippen LogP contribution is -2.04. The Morgan fingerprint density at radius 1 is 0.357 bits per heavy atom. The van der Waals surface area contributed by atoms with Crippen LogP contribution in [-0.2, 0) is 0 Å². The molecule has 0 fully saturated rings. The highest BCUT2D eigenvalue weighted by Gasteiger charge is 2.21. The quantitative estimate of drug-likeness (QED) is 0.177. The largest absolute Gasteiger partial charge is 0.294 e. The van der Waals surface area contributed by atoms with E-state index in [0.717, 1.165) is 82.8 Å². The maximum atomic E-state index is 10.1. The number of hydrogen-bond donors (Lipinski definition) is 0. The van der Waals surface area contributed by atoms with Crippen molar-refractivity contribution in [3.8, 4) is 63.2 Å². The van der Waals surface area contributed by atoms with Crippen LogP contribution in [0.15, 0.2) is 170 Å². The maximum Gasteiger partial charge on any atom is 0.140 e. The van der Waals surface area contributed by atoms with E-state index in [9.17, 15) is 15.8 Å². The highest BCUT2D eigenvalue weighted by Crippen LogP contribution is 2.42. The molecule has 6 nitrogen and oxygen atoms in total. The van der Waals surface area contributed by atoms with Gasteiger partial charge in [-0.2, -0.15) is 15.8 Å². The molecule has 0 bridgehead atoms. The monoisotopic (exact) mass is 712 g/mol. The van der Waals surface area contributed by atoms with Crippen LogP contribution in [0.3, 0.4) is 0 Å². The van der Waals surface area contributed by atoms with E-state index in [-0.39, 0.29) is 0 Å². The predicted octanol–water partition coefficient (Wildman–Crippen LogP) is 11.9. The van der Waals surface area contributed by atoms with Crippen molar-refractivity contribution in [3.05, 3.63) is 187 Å². The van der Waals surface area contributed by atoms with Gasteiger partial charge in [-0.15, -0.1) is 0 Å². The van der Waals surface area contributed by atoms with Gasteiger partial charge in [0.2, 0.25) is 0 Å². The van der Waals surface area contributed by atoms with Gasteiger partial charge in [0.15, 0.2) is 0 Å². The SMILES string of the molecule is N#Cc1ccc2c(c1)c1cc(C#N)ccc1n2-c1cc(-c2ccccc2-c2ccccc2-c2ccccc2C#N)cc(-n2c3ccccc3c3ccccc32)n1. The van der Waals surface area contributed by atoms with Crippen LogP contribution in [0.1, 0.15) is 16.7 Å². The summed E-state index contributed by atoms with van der Waals surface area (Å²) in [4.78, 5) is 5.48. The van der Waals surface area contributed by atoms with Crippen LogP contribution in [0.2, 0.25) is 0 Å². The molecule has 6 heteroatoms. The molecule has 0 radical (unpaired) electrons. The van der Waals surface area contributed by atoms with Gasteiger partial charge in [-0.1, -0.05) is 103 Å². The Kier molecular flexibility index (Phi) is 7.53. The first-order valence-corrected chi connectivity index (χ1v) is 18.2. The van der Waals surface area contributed by atoms with Crippen LogP contribution in [0.4, 0.5) is 0 Å². The van der Waals surface area contributed by atoms with E-state index < -0.39 is 0 Å². The predicted molar refractivity (Wildman–Crippen MR) is 223 cm³/mol. The van der Waals surface area contributed by atoms with Crippen LogP contribution < -0.4 is 0 Å². The molecule has 0 atom stereocenters. The molecule has 0 aliphatic rings. The van der Waals surface area contributed by atoms with E-state index in [0.29, 0.717) is 22.5 Å². The smallest absolute Gasteiger partial charge is 0.140 e. The van der Waals surface area contributed by atoms with Crippen molar-refractivity contribution >= 4 is 43.6 Å².